The van der Waals surface area contributed by atoms with Crippen molar-refractivity contribution >= 4 is 17.5 Å². The van der Waals surface area contributed by atoms with Gasteiger partial charge in [-0.15, -0.1) is 0 Å². The number of aromatic nitrogens is 2. The van der Waals surface area contributed by atoms with Crippen LogP contribution in [0.4, 0.5) is 11.6 Å². The highest BCUT2D eigenvalue weighted by Gasteiger charge is 2.03. The molecule has 0 saturated carbocycles. The number of para-hydroxylation sites is 1. The Morgan fingerprint density at radius 2 is 1.94 bits per heavy atom. The minimum atomic E-state index is -0.571. The molecule has 5 nitrogen and oxygen atoms in total. The van der Waals surface area contributed by atoms with Gasteiger partial charge in [-0.2, -0.15) is 0 Å². The Morgan fingerprint density at radius 1 is 1.19 bits per heavy atom. The van der Waals surface area contributed by atoms with E-state index in [1.807, 2.05) is 30.3 Å². The van der Waals surface area contributed by atoms with Gasteiger partial charge in [0.15, 0.2) is 0 Å². The lowest BCUT2D eigenvalue weighted by Gasteiger charge is -2.04. The molecular formula is C11H10N4O. The van der Waals surface area contributed by atoms with Crippen LogP contribution in [0, 0.1) is 0 Å². The number of primary amides is 1. The highest BCUT2D eigenvalue weighted by molar-refractivity contribution is 5.90. The molecule has 16 heavy (non-hydrogen) atoms. The van der Waals surface area contributed by atoms with Gasteiger partial charge in [0.25, 0.3) is 5.91 Å². The van der Waals surface area contributed by atoms with Crippen LogP contribution in [-0.2, 0) is 0 Å². The van der Waals surface area contributed by atoms with Crippen molar-refractivity contribution in [2.75, 3.05) is 5.32 Å². The first-order chi connectivity index (χ1) is 7.75. The summed E-state index contributed by atoms with van der Waals surface area (Å²) in [7, 11) is 0. The molecular weight excluding hydrogens is 204 g/mol. The number of anilines is 2. The van der Waals surface area contributed by atoms with Crippen molar-refractivity contribution in [3.8, 4) is 0 Å². The van der Waals surface area contributed by atoms with Crippen molar-refractivity contribution in [2.24, 2.45) is 5.73 Å². The van der Waals surface area contributed by atoms with E-state index in [1.54, 1.807) is 0 Å². The van der Waals surface area contributed by atoms with Gasteiger partial charge in [-0.05, 0) is 18.2 Å². The van der Waals surface area contributed by atoms with Gasteiger partial charge in [-0.3, -0.25) is 4.79 Å². The van der Waals surface area contributed by atoms with E-state index in [1.165, 1.54) is 12.3 Å². The van der Waals surface area contributed by atoms with Gasteiger partial charge in [0.1, 0.15) is 5.69 Å². The molecule has 80 valence electrons. The maximum atomic E-state index is 10.9. The normalized spacial score (nSPS) is 9.75. The summed E-state index contributed by atoms with van der Waals surface area (Å²) >= 11 is 0. The van der Waals surface area contributed by atoms with E-state index in [2.05, 4.69) is 15.3 Å². The molecule has 0 bridgehead atoms. The van der Waals surface area contributed by atoms with E-state index in [0.29, 0.717) is 5.95 Å². The van der Waals surface area contributed by atoms with Crippen molar-refractivity contribution in [1.82, 2.24) is 9.97 Å². The van der Waals surface area contributed by atoms with Crippen molar-refractivity contribution in [2.45, 2.75) is 0 Å². The van der Waals surface area contributed by atoms with Gasteiger partial charge in [0, 0.05) is 11.9 Å². The maximum absolute atomic E-state index is 10.9. The third-order valence-corrected chi connectivity index (χ3v) is 1.94. The van der Waals surface area contributed by atoms with Crippen LogP contribution in [0.15, 0.2) is 42.6 Å². The van der Waals surface area contributed by atoms with Gasteiger partial charge in [0.2, 0.25) is 5.95 Å². The molecule has 2 rings (SSSR count). The number of carbonyl (C=O) groups excluding carboxylic acids is 1. The van der Waals surface area contributed by atoms with Crippen LogP contribution in [0.25, 0.3) is 0 Å². The molecule has 0 aliphatic rings. The van der Waals surface area contributed by atoms with E-state index >= 15 is 0 Å². The van der Waals surface area contributed by atoms with Crippen LogP contribution in [0.1, 0.15) is 10.5 Å². The number of carbonyl (C=O) groups is 1. The van der Waals surface area contributed by atoms with Crippen LogP contribution in [-0.4, -0.2) is 15.9 Å². The first-order valence-corrected chi connectivity index (χ1v) is 4.70. The molecule has 1 amide bonds. The summed E-state index contributed by atoms with van der Waals surface area (Å²) in [6, 6.07) is 10.9. The number of nitrogens with two attached hydrogens (primary N) is 1. The fraction of sp³-hybridized carbons (Fsp3) is 0. The highest BCUT2D eigenvalue weighted by atomic mass is 16.1. The summed E-state index contributed by atoms with van der Waals surface area (Å²) in [6.07, 6.45) is 1.48. The Kier molecular flexibility index (Phi) is 2.77. The second-order valence-electron chi connectivity index (χ2n) is 3.12. The molecule has 3 N–H and O–H groups in total. The number of hydrogen-bond acceptors (Lipinski definition) is 4. The fourth-order valence-corrected chi connectivity index (χ4v) is 1.21. The second-order valence-corrected chi connectivity index (χ2v) is 3.12. The Hall–Kier alpha value is -2.43. The molecule has 5 heteroatoms. The zero-order valence-corrected chi connectivity index (χ0v) is 8.42. The zero-order chi connectivity index (χ0) is 11.4. The minimum absolute atomic E-state index is 0.188. The largest absolute Gasteiger partial charge is 0.364 e. The number of nitrogens with zero attached hydrogens (tertiary/aromatic N) is 2. The average molecular weight is 214 g/mol. The molecule has 2 aromatic rings. The fourth-order valence-electron chi connectivity index (χ4n) is 1.21. The monoisotopic (exact) mass is 214 g/mol. The topological polar surface area (TPSA) is 80.9 Å². The van der Waals surface area contributed by atoms with Gasteiger partial charge in [-0.25, -0.2) is 9.97 Å². The zero-order valence-electron chi connectivity index (χ0n) is 8.42. The lowest BCUT2D eigenvalue weighted by molar-refractivity contribution is 0.0995. The predicted octanol–water partition coefficient (Wildman–Crippen LogP) is 1.32. The van der Waals surface area contributed by atoms with Gasteiger partial charge >= 0.3 is 0 Å². The molecule has 0 aliphatic heterocycles. The first-order valence-electron chi connectivity index (χ1n) is 4.70. The standard InChI is InChI=1S/C11H10N4O/c12-10(16)9-6-7-13-11(15-9)14-8-4-2-1-3-5-8/h1-7H,(H2,12,16)(H,13,14,15). The maximum Gasteiger partial charge on any atom is 0.267 e. The van der Waals surface area contributed by atoms with Crippen LogP contribution >= 0.6 is 0 Å². The van der Waals surface area contributed by atoms with Crippen LogP contribution < -0.4 is 11.1 Å². The summed E-state index contributed by atoms with van der Waals surface area (Å²) in [4.78, 5) is 18.9. The third-order valence-electron chi connectivity index (χ3n) is 1.94. The molecule has 0 radical (unpaired) electrons. The lowest BCUT2D eigenvalue weighted by Crippen LogP contribution is -2.14. The lowest BCUT2D eigenvalue weighted by atomic mass is 10.3. The quantitative estimate of drug-likeness (QED) is 0.807. The Labute approximate surface area is 92.3 Å². The van der Waals surface area contributed by atoms with E-state index in [9.17, 15) is 4.79 Å². The van der Waals surface area contributed by atoms with Crippen molar-refractivity contribution < 1.29 is 4.79 Å². The van der Waals surface area contributed by atoms with Gasteiger partial charge in [-0.1, -0.05) is 18.2 Å². The SMILES string of the molecule is NC(=O)c1ccnc(Nc2ccccc2)n1. The smallest absolute Gasteiger partial charge is 0.267 e. The Balaban J connectivity index is 2.22. The summed E-state index contributed by atoms with van der Waals surface area (Å²) < 4.78 is 0. The number of rotatable bonds is 3. The second kappa shape index (κ2) is 4.39. The number of amides is 1. The van der Waals surface area contributed by atoms with E-state index in [0.717, 1.165) is 5.69 Å². The Bertz CT molecular complexity index is 498. The molecule has 1 aromatic carbocycles. The molecule has 0 atom stereocenters. The molecule has 0 saturated heterocycles. The summed E-state index contributed by atoms with van der Waals surface area (Å²) in [5.41, 5.74) is 6.16. The van der Waals surface area contributed by atoms with E-state index in [4.69, 9.17) is 5.73 Å². The molecule has 0 unspecified atom stereocenters. The summed E-state index contributed by atoms with van der Waals surface area (Å²) in [5.74, 6) is -0.221. The van der Waals surface area contributed by atoms with Crippen LogP contribution in [0.5, 0.6) is 0 Å². The summed E-state index contributed by atoms with van der Waals surface area (Å²) in [5, 5.41) is 2.97. The molecule has 0 spiro atoms. The van der Waals surface area contributed by atoms with Gasteiger partial charge in [0.05, 0.1) is 0 Å². The van der Waals surface area contributed by atoms with Crippen molar-refractivity contribution in [1.29, 1.82) is 0 Å². The highest BCUT2D eigenvalue weighted by Crippen LogP contribution is 2.11. The van der Waals surface area contributed by atoms with Crippen molar-refractivity contribution in [3.63, 3.8) is 0 Å². The van der Waals surface area contributed by atoms with Gasteiger partial charge < -0.3 is 11.1 Å². The third kappa shape index (κ3) is 2.33. The van der Waals surface area contributed by atoms with Crippen LogP contribution in [0.3, 0.4) is 0 Å². The molecule has 1 aromatic heterocycles. The molecule has 0 fully saturated rings. The number of nitrogens with one attached hydrogen (secondary N) is 1. The first kappa shape index (κ1) is 10.1. The van der Waals surface area contributed by atoms with E-state index < -0.39 is 5.91 Å². The average Bonchev–Trinajstić information content (AvgIpc) is 2.30. The molecule has 1 heterocycles. The predicted molar refractivity (Wildman–Crippen MR) is 60.3 cm³/mol. The molecule has 0 aliphatic carbocycles. The Morgan fingerprint density at radius 3 is 2.62 bits per heavy atom. The summed E-state index contributed by atoms with van der Waals surface area (Å²) in [6.45, 7) is 0. The van der Waals surface area contributed by atoms with Crippen LogP contribution in [0.2, 0.25) is 0 Å². The van der Waals surface area contributed by atoms with E-state index in [-0.39, 0.29) is 5.69 Å². The number of hydrogen-bond donors (Lipinski definition) is 2. The number of benzene rings is 1. The minimum Gasteiger partial charge on any atom is -0.364 e. The van der Waals surface area contributed by atoms with Crippen molar-refractivity contribution in [3.05, 3.63) is 48.3 Å².